The standard InChI is InChI=1S/C20H23NO/c1-4-21(5-2)20(22)15-16(3)17-11-13-19(14-12-17)18-9-7-6-8-10-18/h6-15H,4-5H2,1-3H3/b16-15+. The van der Waals surface area contributed by atoms with Gasteiger partial charge in [-0.15, -0.1) is 0 Å². The molecular formula is C20H23NO. The van der Waals surface area contributed by atoms with Crippen molar-refractivity contribution in [2.75, 3.05) is 13.1 Å². The average molecular weight is 293 g/mol. The number of allylic oxidation sites excluding steroid dienone is 1. The van der Waals surface area contributed by atoms with Gasteiger partial charge in [0, 0.05) is 19.2 Å². The quantitative estimate of drug-likeness (QED) is 0.736. The summed E-state index contributed by atoms with van der Waals surface area (Å²) in [5, 5.41) is 0. The topological polar surface area (TPSA) is 20.3 Å². The number of hydrogen-bond donors (Lipinski definition) is 0. The van der Waals surface area contributed by atoms with E-state index in [1.807, 2.05) is 43.9 Å². The van der Waals surface area contributed by atoms with E-state index in [0.717, 1.165) is 24.2 Å². The fourth-order valence-corrected chi connectivity index (χ4v) is 2.45. The van der Waals surface area contributed by atoms with Crippen LogP contribution >= 0.6 is 0 Å². The van der Waals surface area contributed by atoms with Crippen LogP contribution in [0.3, 0.4) is 0 Å². The molecule has 2 nitrogen and oxygen atoms in total. The van der Waals surface area contributed by atoms with Crippen LogP contribution in [0.15, 0.2) is 60.7 Å². The van der Waals surface area contributed by atoms with Crippen LogP contribution in [-0.2, 0) is 4.79 Å². The van der Waals surface area contributed by atoms with Gasteiger partial charge >= 0.3 is 0 Å². The third-order valence-corrected chi connectivity index (χ3v) is 3.86. The predicted molar refractivity (Wildman–Crippen MR) is 93.5 cm³/mol. The summed E-state index contributed by atoms with van der Waals surface area (Å²) in [6, 6.07) is 18.6. The molecule has 0 radical (unpaired) electrons. The van der Waals surface area contributed by atoms with E-state index in [-0.39, 0.29) is 5.91 Å². The molecular weight excluding hydrogens is 270 g/mol. The highest BCUT2D eigenvalue weighted by atomic mass is 16.2. The Balaban J connectivity index is 2.18. The van der Waals surface area contributed by atoms with Crippen molar-refractivity contribution in [3.8, 4) is 11.1 Å². The van der Waals surface area contributed by atoms with Crippen molar-refractivity contribution in [3.63, 3.8) is 0 Å². The molecule has 0 fully saturated rings. The number of benzene rings is 2. The van der Waals surface area contributed by atoms with Gasteiger partial charge in [-0.3, -0.25) is 4.79 Å². The molecule has 0 spiro atoms. The number of nitrogens with zero attached hydrogens (tertiary/aromatic N) is 1. The van der Waals surface area contributed by atoms with Crippen LogP contribution in [0.2, 0.25) is 0 Å². The van der Waals surface area contributed by atoms with Crippen LogP contribution < -0.4 is 0 Å². The van der Waals surface area contributed by atoms with E-state index in [0.29, 0.717) is 0 Å². The predicted octanol–water partition coefficient (Wildman–Crippen LogP) is 4.63. The fraction of sp³-hybridized carbons (Fsp3) is 0.250. The zero-order valence-electron chi connectivity index (χ0n) is 13.5. The molecule has 114 valence electrons. The number of carbonyl (C=O) groups is 1. The molecule has 0 aliphatic heterocycles. The minimum atomic E-state index is 0.0784. The number of amides is 1. The number of carbonyl (C=O) groups excluding carboxylic acids is 1. The Bertz CT molecular complexity index is 637. The lowest BCUT2D eigenvalue weighted by Crippen LogP contribution is -2.28. The summed E-state index contributed by atoms with van der Waals surface area (Å²) in [7, 11) is 0. The van der Waals surface area contributed by atoms with E-state index in [1.54, 1.807) is 6.08 Å². The van der Waals surface area contributed by atoms with E-state index < -0.39 is 0 Å². The Hall–Kier alpha value is -2.35. The summed E-state index contributed by atoms with van der Waals surface area (Å²) < 4.78 is 0. The first-order valence-corrected chi connectivity index (χ1v) is 7.78. The molecule has 2 aromatic rings. The van der Waals surface area contributed by atoms with Crippen molar-refractivity contribution in [1.29, 1.82) is 0 Å². The van der Waals surface area contributed by atoms with Crippen molar-refractivity contribution in [3.05, 3.63) is 66.2 Å². The highest BCUT2D eigenvalue weighted by molar-refractivity contribution is 5.95. The molecule has 2 aromatic carbocycles. The number of rotatable bonds is 5. The van der Waals surface area contributed by atoms with Gasteiger partial charge in [-0.2, -0.15) is 0 Å². The van der Waals surface area contributed by atoms with Gasteiger partial charge in [0.25, 0.3) is 0 Å². The van der Waals surface area contributed by atoms with Gasteiger partial charge in [-0.25, -0.2) is 0 Å². The van der Waals surface area contributed by atoms with Crippen LogP contribution in [0.25, 0.3) is 16.7 Å². The maximum atomic E-state index is 12.1. The molecule has 2 heteroatoms. The molecule has 0 atom stereocenters. The molecule has 2 rings (SSSR count). The summed E-state index contributed by atoms with van der Waals surface area (Å²) in [6.07, 6.45) is 1.73. The molecule has 0 aliphatic rings. The monoisotopic (exact) mass is 293 g/mol. The lowest BCUT2D eigenvalue weighted by atomic mass is 10.0. The SMILES string of the molecule is CCN(CC)C(=O)/C=C(\C)c1ccc(-c2ccccc2)cc1. The summed E-state index contributed by atoms with van der Waals surface area (Å²) in [5.74, 6) is 0.0784. The fourth-order valence-electron chi connectivity index (χ4n) is 2.45. The largest absolute Gasteiger partial charge is 0.340 e. The Morgan fingerprint density at radius 2 is 1.45 bits per heavy atom. The van der Waals surface area contributed by atoms with Crippen molar-refractivity contribution in [1.82, 2.24) is 4.90 Å². The Kier molecular flexibility index (Phi) is 5.54. The van der Waals surface area contributed by atoms with Crippen LogP contribution in [0.4, 0.5) is 0 Å². The normalized spacial score (nSPS) is 11.3. The summed E-state index contributed by atoms with van der Waals surface area (Å²) in [5.41, 5.74) is 4.47. The van der Waals surface area contributed by atoms with E-state index in [1.165, 1.54) is 11.1 Å². The molecule has 1 amide bonds. The molecule has 0 N–H and O–H groups in total. The first-order chi connectivity index (χ1) is 10.7. The smallest absolute Gasteiger partial charge is 0.246 e. The van der Waals surface area contributed by atoms with Crippen molar-refractivity contribution < 1.29 is 4.79 Å². The third-order valence-electron chi connectivity index (χ3n) is 3.86. The zero-order valence-corrected chi connectivity index (χ0v) is 13.5. The van der Waals surface area contributed by atoms with Gasteiger partial charge in [0.15, 0.2) is 0 Å². The van der Waals surface area contributed by atoms with Crippen LogP contribution in [0.1, 0.15) is 26.3 Å². The first-order valence-electron chi connectivity index (χ1n) is 7.78. The minimum Gasteiger partial charge on any atom is -0.340 e. The van der Waals surface area contributed by atoms with Gasteiger partial charge < -0.3 is 4.90 Å². The Labute approximate surface area is 133 Å². The zero-order chi connectivity index (χ0) is 15.9. The molecule has 0 aliphatic carbocycles. The van der Waals surface area contributed by atoms with Gasteiger partial charge in [-0.1, -0.05) is 54.6 Å². The average Bonchev–Trinajstić information content (AvgIpc) is 2.57. The molecule has 0 heterocycles. The van der Waals surface area contributed by atoms with Crippen LogP contribution in [0, 0.1) is 0 Å². The number of likely N-dealkylation sites (N-methyl/N-ethyl adjacent to an activating group) is 1. The molecule has 22 heavy (non-hydrogen) atoms. The van der Waals surface area contributed by atoms with Gasteiger partial charge in [0.05, 0.1) is 0 Å². The second kappa shape index (κ2) is 7.60. The molecule has 0 saturated heterocycles. The number of hydrogen-bond acceptors (Lipinski definition) is 1. The molecule has 0 unspecified atom stereocenters. The van der Waals surface area contributed by atoms with E-state index in [4.69, 9.17) is 0 Å². The van der Waals surface area contributed by atoms with E-state index >= 15 is 0 Å². The second-order valence-electron chi connectivity index (χ2n) is 5.28. The maximum Gasteiger partial charge on any atom is 0.246 e. The lowest BCUT2D eigenvalue weighted by molar-refractivity contribution is -0.125. The van der Waals surface area contributed by atoms with Gasteiger partial charge in [0.1, 0.15) is 0 Å². The Morgan fingerprint density at radius 1 is 0.909 bits per heavy atom. The molecule has 0 aromatic heterocycles. The third kappa shape index (κ3) is 3.85. The van der Waals surface area contributed by atoms with Crippen molar-refractivity contribution >= 4 is 11.5 Å². The van der Waals surface area contributed by atoms with Gasteiger partial charge in [-0.05, 0) is 43.0 Å². The van der Waals surface area contributed by atoms with Gasteiger partial charge in [0.2, 0.25) is 5.91 Å². The van der Waals surface area contributed by atoms with Crippen molar-refractivity contribution in [2.24, 2.45) is 0 Å². The lowest BCUT2D eigenvalue weighted by Gasteiger charge is -2.16. The van der Waals surface area contributed by atoms with E-state index in [9.17, 15) is 4.79 Å². The highest BCUT2D eigenvalue weighted by Gasteiger charge is 2.07. The first kappa shape index (κ1) is 16.0. The molecule has 0 saturated carbocycles. The Morgan fingerprint density at radius 3 is 2.00 bits per heavy atom. The summed E-state index contributed by atoms with van der Waals surface area (Å²) >= 11 is 0. The van der Waals surface area contributed by atoms with Crippen molar-refractivity contribution in [2.45, 2.75) is 20.8 Å². The second-order valence-corrected chi connectivity index (χ2v) is 5.28. The summed E-state index contributed by atoms with van der Waals surface area (Å²) in [4.78, 5) is 13.9. The molecule has 0 bridgehead atoms. The van der Waals surface area contributed by atoms with E-state index in [2.05, 4.69) is 36.4 Å². The van der Waals surface area contributed by atoms with Crippen LogP contribution in [-0.4, -0.2) is 23.9 Å². The summed E-state index contributed by atoms with van der Waals surface area (Å²) in [6.45, 7) is 7.47. The minimum absolute atomic E-state index is 0.0784. The maximum absolute atomic E-state index is 12.1. The highest BCUT2D eigenvalue weighted by Crippen LogP contribution is 2.22. The van der Waals surface area contributed by atoms with Crippen LogP contribution in [0.5, 0.6) is 0 Å².